The van der Waals surface area contributed by atoms with E-state index in [4.69, 9.17) is 15.5 Å². The van der Waals surface area contributed by atoms with Crippen LogP contribution in [0.3, 0.4) is 0 Å². The van der Waals surface area contributed by atoms with Crippen LogP contribution in [0.4, 0.5) is 0 Å². The van der Waals surface area contributed by atoms with Gasteiger partial charge in [0.05, 0.1) is 24.7 Å². The molecule has 3 heteroatoms. The Kier molecular flexibility index (Phi) is 2.46. The molecule has 0 aromatic carbocycles. The molecular weight excluding hydrogens is 106 g/mol. The summed E-state index contributed by atoms with van der Waals surface area (Å²) >= 11 is 0. The molecule has 0 aromatic rings. The Morgan fingerprint density at radius 1 is 1.75 bits per heavy atom. The maximum Gasteiger partial charge on any atom is 0.0978 e. The van der Waals surface area contributed by atoms with Gasteiger partial charge in [-0.15, -0.1) is 0 Å². The third-order valence-corrected chi connectivity index (χ3v) is 0.801. The van der Waals surface area contributed by atoms with Crippen LogP contribution in [0.25, 0.3) is 0 Å². The predicted molar refractivity (Wildman–Crippen MR) is 27.9 cm³/mol. The number of aliphatic hydroxyl groups is 2. The van der Waals surface area contributed by atoms with Crippen LogP contribution >= 0.6 is 0 Å². The molecule has 0 aliphatic carbocycles. The summed E-state index contributed by atoms with van der Waals surface area (Å²) in [5, 5.41) is 25.2. The summed E-state index contributed by atoms with van der Waals surface area (Å²) in [5.41, 5.74) is -1.21. The van der Waals surface area contributed by atoms with Crippen molar-refractivity contribution in [2.75, 3.05) is 6.61 Å². The van der Waals surface area contributed by atoms with Gasteiger partial charge in [0.2, 0.25) is 0 Å². The van der Waals surface area contributed by atoms with E-state index in [0.717, 1.165) is 0 Å². The van der Waals surface area contributed by atoms with E-state index < -0.39 is 5.60 Å². The highest BCUT2D eigenvalue weighted by Gasteiger charge is 2.17. The van der Waals surface area contributed by atoms with Crippen LogP contribution < -0.4 is 0 Å². The van der Waals surface area contributed by atoms with Crippen molar-refractivity contribution in [3.05, 3.63) is 0 Å². The van der Waals surface area contributed by atoms with Gasteiger partial charge in [0, 0.05) is 0 Å². The molecule has 0 radical (unpaired) electrons. The van der Waals surface area contributed by atoms with Crippen LogP contribution in [-0.4, -0.2) is 22.4 Å². The minimum atomic E-state index is -1.21. The number of hydrogen-bond acceptors (Lipinski definition) is 3. The van der Waals surface area contributed by atoms with E-state index in [2.05, 4.69) is 0 Å². The van der Waals surface area contributed by atoms with Gasteiger partial charge in [-0.2, -0.15) is 5.26 Å². The second kappa shape index (κ2) is 2.65. The van der Waals surface area contributed by atoms with Gasteiger partial charge < -0.3 is 10.2 Å². The van der Waals surface area contributed by atoms with E-state index in [0.29, 0.717) is 0 Å². The highest BCUT2D eigenvalue weighted by molar-refractivity contribution is 4.84. The summed E-state index contributed by atoms with van der Waals surface area (Å²) in [7, 11) is 0. The fourth-order valence-electron chi connectivity index (χ4n) is 0.226. The van der Waals surface area contributed by atoms with E-state index in [1.54, 1.807) is 6.07 Å². The maximum absolute atomic E-state index is 8.85. The lowest BCUT2D eigenvalue weighted by atomic mass is 10.1. The van der Waals surface area contributed by atoms with Crippen molar-refractivity contribution < 1.29 is 10.2 Å². The molecule has 3 nitrogen and oxygen atoms in total. The Balaban J connectivity index is 3.58. The smallest absolute Gasteiger partial charge is 0.0978 e. The van der Waals surface area contributed by atoms with Crippen LogP contribution in [0.2, 0.25) is 0 Å². The lowest BCUT2D eigenvalue weighted by Crippen LogP contribution is -2.27. The molecule has 1 atom stereocenters. The Morgan fingerprint density at radius 3 is 2.38 bits per heavy atom. The first-order valence-corrected chi connectivity index (χ1v) is 2.32. The van der Waals surface area contributed by atoms with Crippen LogP contribution in [0.1, 0.15) is 13.3 Å². The first-order chi connectivity index (χ1) is 3.62. The molecule has 0 spiro atoms. The minimum Gasteiger partial charge on any atom is -0.393 e. The molecule has 0 saturated carbocycles. The lowest BCUT2D eigenvalue weighted by molar-refractivity contribution is 0.00594. The second-order valence-electron chi connectivity index (χ2n) is 1.99. The molecule has 0 aliphatic heterocycles. The summed E-state index contributed by atoms with van der Waals surface area (Å²) in [5.74, 6) is 0. The number of rotatable bonds is 2. The fraction of sp³-hybridized carbons (Fsp3) is 0.800. The molecule has 0 heterocycles. The molecule has 46 valence electrons. The zero-order chi connectivity index (χ0) is 6.62. The van der Waals surface area contributed by atoms with Crippen LogP contribution in [0.15, 0.2) is 0 Å². The number of nitrogens with zero attached hydrogens (tertiary/aromatic N) is 1. The first kappa shape index (κ1) is 7.41. The summed E-state index contributed by atoms with van der Waals surface area (Å²) in [6.45, 7) is 1.05. The fourth-order valence-corrected chi connectivity index (χ4v) is 0.226. The largest absolute Gasteiger partial charge is 0.393 e. The Labute approximate surface area is 48.2 Å². The van der Waals surface area contributed by atoms with Gasteiger partial charge in [-0.25, -0.2) is 0 Å². The van der Waals surface area contributed by atoms with Crippen molar-refractivity contribution in [3.8, 4) is 6.07 Å². The van der Waals surface area contributed by atoms with E-state index in [9.17, 15) is 0 Å². The van der Waals surface area contributed by atoms with E-state index >= 15 is 0 Å². The van der Waals surface area contributed by atoms with Crippen molar-refractivity contribution in [1.29, 1.82) is 5.26 Å². The average Bonchev–Trinajstić information content (AvgIpc) is 1.67. The SMILES string of the molecule is C[C@](O)(CO)CC#N. The van der Waals surface area contributed by atoms with E-state index in [1.165, 1.54) is 6.92 Å². The first-order valence-electron chi connectivity index (χ1n) is 2.32. The number of nitriles is 1. The zero-order valence-corrected chi connectivity index (χ0v) is 4.76. The van der Waals surface area contributed by atoms with Gasteiger partial charge in [-0.05, 0) is 6.92 Å². The van der Waals surface area contributed by atoms with Gasteiger partial charge in [-0.3, -0.25) is 0 Å². The molecule has 8 heavy (non-hydrogen) atoms. The van der Waals surface area contributed by atoms with Crippen molar-refractivity contribution in [2.24, 2.45) is 0 Å². The van der Waals surface area contributed by atoms with Crippen molar-refractivity contribution in [3.63, 3.8) is 0 Å². The maximum atomic E-state index is 8.85. The molecule has 2 N–H and O–H groups in total. The molecule has 0 aliphatic rings. The number of hydrogen-bond donors (Lipinski definition) is 2. The molecule has 0 unspecified atom stereocenters. The summed E-state index contributed by atoms with van der Waals surface area (Å²) in [4.78, 5) is 0. The van der Waals surface area contributed by atoms with Crippen molar-refractivity contribution in [1.82, 2.24) is 0 Å². The monoisotopic (exact) mass is 115 g/mol. The molecule has 0 rings (SSSR count). The second-order valence-corrected chi connectivity index (χ2v) is 1.99. The standard InChI is InChI=1S/C5H9NO2/c1-5(8,4-7)2-3-6/h7-8H,2,4H2,1H3/t5-/m1/s1. The summed E-state index contributed by atoms with van der Waals surface area (Å²) in [6.07, 6.45) is -0.0243. The third-order valence-electron chi connectivity index (χ3n) is 0.801. The molecule has 0 aromatic heterocycles. The van der Waals surface area contributed by atoms with Crippen LogP contribution in [-0.2, 0) is 0 Å². The van der Waals surface area contributed by atoms with Gasteiger partial charge in [0.15, 0.2) is 0 Å². The van der Waals surface area contributed by atoms with Crippen LogP contribution in [0, 0.1) is 11.3 Å². The summed E-state index contributed by atoms with van der Waals surface area (Å²) < 4.78 is 0. The van der Waals surface area contributed by atoms with Crippen LogP contribution in [0.5, 0.6) is 0 Å². The highest BCUT2D eigenvalue weighted by Crippen LogP contribution is 2.04. The van der Waals surface area contributed by atoms with E-state index in [-0.39, 0.29) is 13.0 Å². The zero-order valence-electron chi connectivity index (χ0n) is 4.76. The van der Waals surface area contributed by atoms with Crippen molar-refractivity contribution in [2.45, 2.75) is 18.9 Å². The molecule has 0 amide bonds. The normalized spacial score (nSPS) is 16.8. The quantitative estimate of drug-likeness (QED) is 0.516. The van der Waals surface area contributed by atoms with Gasteiger partial charge in [0.1, 0.15) is 0 Å². The third kappa shape index (κ3) is 2.56. The average molecular weight is 115 g/mol. The summed E-state index contributed by atoms with van der Waals surface area (Å²) in [6, 6.07) is 1.75. The molecule has 0 saturated heterocycles. The molecule has 0 fully saturated rings. The van der Waals surface area contributed by atoms with Crippen molar-refractivity contribution >= 4 is 0 Å². The minimum absolute atomic E-state index is 0.0243. The van der Waals surface area contributed by atoms with E-state index in [1.807, 2.05) is 0 Å². The highest BCUT2D eigenvalue weighted by atomic mass is 16.3. The van der Waals surface area contributed by atoms with Gasteiger partial charge in [-0.1, -0.05) is 0 Å². The molecule has 0 bridgehead atoms. The Morgan fingerprint density at radius 2 is 2.25 bits per heavy atom. The molecular formula is C5H9NO2. The number of aliphatic hydroxyl groups excluding tert-OH is 1. The Bertz CT molecular complexity index is 103. The topological polar surface area (TPSA) is 64.2 Å². The van der Waals surface area contributed by atoms with Gasteiger partial charge in [0.25, 0.3) is 0 Å². The predicted octanol–water partition coefficient (Wildman–Crippen LogP) is -0.357. The Hall–Kier alpha value is -0.590. The lowest BCUT2D eigenvalue weighted by Gasteiger charge is -2.14. The van der Waals surface area contributed by atoms with Gasteiger partial charge >= 0.3 is 0 Å².